The van der Waals surface area contributed by atoms with E-state index in [4.69, 9.17) is 17.3 Å². The van der Waals surface area contributed by atoms with E-state index in [9.17, 15) is 4.79 Å². The lowest BCUT2D eigenvalue weighted by Gasteiger charge is -2.46. The molecule has 4 heteroatoms. The van der Waals surface area contributed by atoms with Crippen molar-refractivity contribution in [2.45, 2.75) is 38.3 Å². The number of rotatable bonds is 1. The van der Waals surface area contributed by atoms with E-state index in [1.165, 1.54) is 0 Å². The van der Waals surface area contributed by atoms with Crippen LogP contribution in [0.5, 0.6) is 0 Å². The SMILES string of the molecule is CC1(C)C(N)CCCN1C(=O)c1ccccc1Cl. The molecule has 0 spiro atoms. The molecule has 0 saturated carbocycles. The topological polar surface area (TPSA) is 46.3 Å². The van der Waals surface area contributed by atoms with Gasteiger partial charge in [0.05, 0.1) is 16.1 Å². The van der Waals surface area contributed by atoms with E-state index >= 15 is 0 Å². The van der Waals surface area contributed by atoms with Crippen LogP contribution in [0, 0.1) is 0 Å². The van der Waals surface area contributed by atoms with E-state index in [-0.39, 0.29) is 17.5 Å². The third-order valence-electron chi connectivity index (χ3n) is 3.85. The Morgan fingerprint density at radius 2 is 2.11 bits per heavy atom. The van der Waals surface area contributed by atoms with Crippen molar-refractivity contribution in [3.63, 3.8) is 0 Å². The molecule has 1 saturated heterocycles. The Morgan fingerprint density at radius 3 is 2.78 bits per heavy atom. The molecule has 1 aromatic rings. The van der Waals surface area contributed by atoms with E-state index in [1.54, 1.807) is 12.1 Å². The maximum absolute atomic E-state index is 12.6. The molecule has 0 radical (unpaired) electrons. The Labute approximate surface area is 113 Å². The number of hydrogen-bond acceptors (Lipinski definition) is 2. The number of amides is 1. The molecule has 1 aliphatic rings. The highest BCUT2D eigenvalue weighted by Gasteiger charge is 2.39. The van der Waals surface area contributed by atoms with Crippen LogP contribution in [0.4, 0.5) is 0 Å². The molecule has 18 heavy (non-hydrogen) atoms. The molecule has 1 heterocycles. The van der Waals surface area contributed by atoms with Crippen LogP contribution in [-0.2, 0) is 0 Å². The molecule has 1 aliphatic heterocycles. The van der Waals surface area contributed by atoms with Gasteiger partial charge in [0.15, 0.2) is 0 Å². The van der Waals surface area contributed by atoms with Gasteiger partial charge in [0.2, 0.25) is 0 Å². The highest BCUT2D eigenvalue weighted by atomic mass is 35.5. The zero-order chi connectivity index (χ0) is 13.3. The van der Waals surface area contributed by atoms with Crippen molar-refractivity contribution in [1.29, 1.82) is 0 Å². The number of halogens is 1. The number of carbonyl (C=O) groups is 1. The maximum atomic E-state index is 12.6. The molecule has 2 rings (SSSR count). The zero-order valence-electron chi connectivity index (χ0n) is 10.8. The van der Waals surface area contributed by atoms with Crippen LogP contribution in [0.1, 0.15) is 37.0 Å². The first kappa shape index (κ1) is 13.4. The normalized spacial score (nSPS) is 22.9. The van der Waals surface area contributed by atoms with Crippen molar-refractivity contribution in [3.05, 3.63) is 34.9 Å². The van der Waals surface area contributed by atoms with Gasteiger partial charge in [0.1, 0.15) is 0 Å². The number of likely N-dealkylation sites (tertiary alicyclic amines) is 1. The summed E-state index contributed by atoms with van der Waals surface area (Å²) in [5, 5.41) is 0.498. The molecule has 0 aromatic heterocycles. The fourth-order valence-corrected chi connectivity index (χ4v) is 2.67. The summed E-state index contributed by atoms with van der Waals surface area (Å²) >= 11 is 6.09. The van der Waals surface area contributed by atoms with E-state index in [1.807, 2.05) is 30.9 Å². The van der Waals surface area contributed by atoms with Gasteiger partial charge in [0, 0.05) is 12.6 Å². The van der Waals surface area contributed by atoms with Crippen LogP contribution in [0.2, 0.25) is 5.02 Å². The smallest absolute Gasteiger partial charge is 0.255 e. The summed E-state index contributed by atoms with van der Waals surface area (Å²) in [5.74, 6) is -0.0271. The summed E-state index contributed by atoms with van der Waals surface area (Å²) in [4.78, 5) is 14.4. The lowest BCUT2D eigenvalue weighted by atomic mass is 9.85. The van der Waals surface area contributed by atoms with Gasteiger partial charge in [-0.25, -0.2) is 0 Å². The summed E-state index contributed by atoms with van der Waals surface area (Å²) < 4.78 is 0. The van der Waals surface area contributed by atoms with Gasteiger partial charge >= 0.3 is 0 Å². The van der Waals surface area contributed by atoms with Crippen molar-refractivity contribution < 1.29 is 4.79 Å². The van der Waals surface area contributed by atoms with Crippen LogP contribution >= 0.6 is 11.6 Å². The Morgan fingerprint density at radius 1 is 1.44 bits per heavy atom. The second-order valence-electron chi connectivity index (χ2n) is 5.34. The van der Waals surface area contributed by atoms with Crippen LogP contribution in [0.25, 0.3) is 0 Å². The molecular formula is C14H19ClN2O. The number of nitrogens with zero attached hydrogens (tertiary/aromatic N) is 1. The van der Waals surface area contributed by atoms with Crippen molar-refractivity contribution in [2.24, 2.45) is 5.73 Å². The van der Waals surface area contributed by atoms with Crippen LogP contribution < -0.4 is 5.73 Å². The van der Waals surface area contributed by atoms with E-state index in [2.05, 4.69) is 0 Å². The first-order chi connectivity index (χ1) is 8.44. The summed E-state index contributed by atoms with van der Waals surface area (Å²) in [5.41, 5.74) is 6.36. The van der Waals surface area contributed by atoms with Crippen molar-refractivity contribution in [3.8, 4) is 0 Å². The van der Waals surface area contributed by atoms with E-state index < -0.39 is 0 Å². The Hall–Kier alpha value is -1.06. The van der Waals surface area contributed by atoms with Crippen LogP contribution in [0.3, 0.4) is 0 Å². The highest BCUT2D eigenvalue weighted by Crippen LogP contribution is 2.29. The van der Waals surface area contributed by atoms with Gasteiger partial charge in [-0.05, 0) is 38.8 Å². The first-order valence-electron chi connectivity index (χ1n) is 6.26. The minimum atomic E-state index is -0.325. The molecule has 0 bridgehead atoms. The molecule has 98 valence electrons. The Kier molecular flexibility index (Phi) is 3.64. The van der Waals surface area contributed by atoms with Gasteiger partial charge in [0.25, 0.3) is 5.91 Å². The summed E-state index contributed by atoms with van der Waals surface area (Å²) in [6, 6.07) is 7.17. The van der Waals surface area contributed by atoms with Crippen molar-refractivity contribution >= 4 is 17.5 Å². The number of hydrogen-bond donors (Lipinski definition) is 1. The molecule has 0 aliphatic carbocycles. The molecule has 1 atom stereocenters. The number of benzene rings is 1. The van der Waals surface area contributed by atoms with E-state index in [0.717, 1.165) is 19.4 Å². The maximum Gasteiger partial charge on any atom is 0.255 e. The van der Waals surface area contributed by atoms with Gasteiger partial charge < -0.3 is 10.6 Å². The average Bonchev–Trinajstić information content (AvgIpc) is 2.32. The molecule has 1 unspecified atom stereocenters. The minimum Gasteiger partial charge on any atom is -0.332 e. The predicted octanol–water partition coefficient (Wildman–Crippen LogP) is 2.68. The molecular weight excluding hydrogens is 248 g/mol. The number of piperidine rings is 1. The van der Waals surface area contributed by atoms with Crippen molar-refractivity contribution in [1.82, 2.24) is 4.90 Å². The number of carbonyl (C=O) groups excluding carboxylic acids is 1. The predicted molar refractivity (Wildman–Crippen MR) is 73.8 cm³/mol. The molecule has 1 amide bonds. The van der Waals surface area contributed by atoms with Gasteiger partial charge in [-0.1, -0.05) is 23.7 Å². The summed E-state index contributed by atoms with van der Waals surface area (Å²) in [6.45, 7) is 4.78. The number of nitrogens with two attached hydrogens (primary N) is 1. The molecule has 2 N–H and O–H groups in total. The lowest BCUT2D eigenvalue weighted by molar-refractivity contribution is 0.0363. The third-order valence-corrected chi connectivity index (χ3v) is 4.18. The molecule has 1 aromatic carbocycles. The lowest BCUT2D eigenvalue weighted by Crippen LogP contribution is -2.61. The second-order valence-corrected chi connectivity index (χ2v) is 5.75. The highest BCUT2D eigenvalue weighted by molar-refractivity contribution is 6.33. The third kappa shape index (κ3) is 2.25. The van der Waals surface area contributed by atoms with Gasteiger partial charge in [-0.3, -0.25) is 4.79 Å². The van der Waals surface area contributed by atoms with Crippen molar-refractivity contribution in [2.75, 3.05) is 6.54 Å². The van der Waals surface area contributed by atoms with Gasteiger partial charge in [-0.2, -0.15) is 0 Å². The second kappa shape index (κ2) is 4.90. The largest absolute Gasteiger partial charge is 0.332 e. The first-order valence-corrected chi connectivity index (χ1v) is 6.64. The standard InChI is InChI=1S/C14H19ClN2O/c1-14(2)12(16)8-5-9-17(14)13(18)10-6-3-4-7-11(10)15/h3-4,6-7,12H,5,8-9,16H2,1-2H3. The zero-order valence-corrected chi connectivity index (χ0v) is 11.6. The Bertz CT molecular complexity index is 459. The summed E-state index contributed by atoms with van der Waals surface area (Å²) in [6.07, 6.45) is 1.90. The molecule has 3 nitrogen and oxygen atoms in total. The van der Waals surface area contributed by atoms with Gasteiger partial charge in [-0.15, -0.1) is 0 Å². The average molecular weight is 267 g/mol. The van der Waals surface area contributed by atoms with Crippen LogP contribution in [0.15, 0.2) is 24.3 Å². The monoisotopic (exact) mass is 266 g/mol. The Balaban J connectivity index is 2.31. The van der Waals surface area contributed by atoms with Crippen LogP contribution in [-0.4, -0.2) is 28.9 Å². The quantitative estimate of drug-likeness (QED) is 0.850. The fraction of sp³-hybridized carbons (Fsp3) is 0.500. The molecule has 1 fully saturated rings. The summed E-state index contributed by atoms with van der Waals surface area (Å²) in [7, 11) is 0. The fourth-order valence-electron chi connectivity index (χ4n) is 2.45. The minimum absolute atomic E-state index is 0.0117. The van der Waals surface area contributed by atoms with E-state index in [0.29, 0.717) is 10.6 Å².